The lowest BCUT2D eigenvalue weighted by Gasteiger charge is -2.25. The molecule has 11 heteroatoms. The van der Waals surface area contributed by atoms with Gasteiger partial charge in [0.15, 0.2) is 0 Å². The molecule has 2 N–H and O–H groups in total. The van der Waals surface area contributed by atoms with E-state index in [-0.39, 0.29) is 35.0 Å². The van der Waals surface area contributed by atoms with Gasteiger partial charge in [-0.15, -0.1) is 0 Å². The number of carbonyl (C=O) groups is 2. The third-order valence-corrected chi connectivity index (χ3v) is 7.20. The number of esters is 1. The number of anilines is 2. The third-order valence-electron chi connectivity index (χ3n) is 6.55. The van der Waals surface area contributed by atoms with Crippen molar-refractivity contribution in [2.75, 3.05) is 16.6 Å². The predicted molar refractivity (Wildman–Crippen MR) is 151 cm³/mol. The summed E-state index contributed by atoms with van der Waals surface area (Å²) in [5.41, 5.74) is 9.83. The topological polar surface area (TPSA) is 148 Å². The zero-order valence-corrected chi connectivity index (χ0v) is 23.6. The van der Waals surface area contributed by atoms with Gasteiger partial charge < -0.3 is 19.8 Å². The van der Waals surface area contributed by atoms with Gasteiger partial charge in [-0.05, 0) is 87.9 Å². The molecule has 0 aliphatic heterocycles. The summed E-state index contributed by atoms with van der Waals surface area (Å²) in [6.45, 7) is 7.85. The van der Waals surface area contributed by atoms with Crippen LogP contribution in [-0.4, -0.2) is 37.2 Å². The molecule has 1 aliphatic rings. The van der Waals surface area contributed by atoms with Gasteiger partial charge in [-0.25, -0.2) is 14.3 Å². The second-order valence-electron chi connectivity index (χ2n) is 9.57. The van der Waals surface area contributed by atoms with Crippen molar-refractivity contribution in [2.45, 2.75) is 47.0 Å². The number of aromatic nitrogens is 2. The number of amides is 1. The minimum absolute atomic E-state index is 0.0506. The Morgan fingerprint density at radius 2 is 1.85 bits per heavy atom. The highest BCUT2D eigenvalue weighted by atomic mass is 32.2. The van der Waals surface area contributed by atoms with Crippen LogP contribution < -0.4 is 14.8 Å². The second kappa shape index (κ2) is 12.4. The van der Waals surface area contributed by atoms with Crippen molar-refractivity contribution in [2.24, 2.45) is 5.92 Å². The van der Waals surface area contributed by atoms with E-state index in [1.54, 1.807) is 13.0 Å². The fourth-order valence-corrected chi connectivity index (χ4v) is 5.22. The lowest BCUT2D eigenvalue weighted by molar-refractivity contribution is -0.148. The molecule has 2 unspecified atom stereocenters. The van der Waals surface area contributed by atoms with Gasteiger partial charge in [-0.1, -0.05) is 29.8 Å². The zero-order valence-electron chi connectivity index (χ0n) is 22.8. The number of pyridine rings is 2. The molecule has 1 aliphatic carbocycles. The maximum Gasteiger partial charge on any atom is 0.309 e. The number of nitrogens with two attached hydrogens (primary N) is 1. The maximum absolute atomic E-state index is 13.7. The van der Waals surface area contributed by atoms with E-state index in [9.17, 15) is 18.4 Å². The number of nitrogens with zero attached hydrogens (tertiary/aromatic N) is 3. The molecule has 210 valence electrons. The van der Waals surface area contributed by atoms with Crippen LogP contribution >= 0.6 is 0 Å². The molecule has 2 heterocycles. The molecular formula is C29H31N4O6S-. The summed E-state index contributed by atoms with van der Waals surface area (Å²) in [4.78, 5) is 34.5. The molecule has 10 nitrogen and oxygen atoms in total. The Labute approximate surface area is 235 Å². The van der Waals surface area contributed by atoms with Crippen molar-refractivity contribution < 1.29 is 27.8 Å². The molecule has 40 heavy (non-hydrogen) atoms. The van der Waals surface area contributed by atoms with Crippen molar-refractivity contribution in [3.63, 3.8) is 0 Å². The first-order valence-corrected chi connectivity index (χ1v) is 13.9. The Balaban J connectivity index is 1.77. The first kappa shape index (κ1) is 28.9. The van der Waals surface area contributed by atoms with E-state index in [0.29, 0.717) is 41.6 Å². The van der Waals surface area contributed by atoms with Gasteiger partial charge in [0.05, 0.1) is 29.5 Å². The van der Waals surface area contributed by atoms with Crippen LogP contribution in [0.1, 0.15) is 58.9 Å². The van der Waals surface area contributed by atoms with E-state index >= 15 is 0 Å². The Hall–Kier alpha value is -4.09. The number of allylic oxidation sites excluding steroid dienone is 2. The molecule has 2 aromatic heterocycles. The normalized spacial score (nSPS) is 15.6. The molecule has 1 amide bonds. The highest BCUT2D eigenvalue weighted by molar-refractivity contribution is 7.81. The van der Waals surface area contributed by atoms with E-state index in [1.165, 1.54) is 24.3 Å². The predicted octanol–water partition coefficient (Wildman–Crippen LogP) is 4.96. The van der Waals surface area contributed by atoms with Crippen LogP contribution in [-0.2, 0) is 20.8 Å². The fraction of sp³-hybridized carbons (Fsp3) is 0.310. The molecule has 4 rings (SSSR count). The van der Waals surface area contributed by atoms with Crippen molar-refractivity contribution in [1.29, 1.82) is 0 Å². The Kier molecular flexibility index (Phi) is 8.96. The summed E-state index contributed by atoms with van der Waals surface area (Å²) < 4.78 is 36.3. The number of benzene rings is 1. The first-order valence-electron chi connectivity index (χ1n) is 12.9. The number of nitrogen functional groups attached to an aromatic ring is 1. The van der Waals surface area contributed by atoms with Gasteiger partial charge >= 0.3 is 5.97 Å². The molecule has 0 spiro atoms. The van der Waals surface area contributed by atoms with Crippen LogP contribution in [0.25, 0.3) is 5.57 Å². The first-order chi connectivity index (χ1) is 19.1. The van der Waals surface area contributed by atoms with Gasteiger partial charge in [-0.2, -0.15) is 0 Å². The van der Waals surface area contributed by atoms with E-state index in [2.05, 4.69) is 9.97 Å². The third kappa shape index (κ3) is 6.37. The summed E-state index contributed by atoms with van der Waals surface area (Å²) in [5, 5.41) is 0. The summed E-state index contributed by atoms with van der Waals surface area (Å²) in [7, 11) is 0. The minimum Gasteiger partial charge on any atom is -0.755 e. The van der Waals surface area contributed by atoms with Crippen molar-refractivity contribution in [3.8, 4) is 11.6 Å². The van der Waals surface area contributed by atoms with E-state index in [1.807, 2.05) is 39.0 Å². The lowest BCUT2D eigenvalue weighted by atomic mass is 9.88. The molecule has 1 aromatic carbocycles. The van der Waals surface area contributed by atoms with Crippen LogP contribution in [0.5, 0.6) is 11.6 Å². The van der Waals surface area contributed by atoms with E-state index in [4.69, 9.17) is 15.2 Å². The van der Waals surface area contributed by atoms with Gasteiger partial charge in [0.25, 0.3) is 5.91 Å². The minimum atomic E-state index is -3.00. The monoisotopic (exact) mass is 563 g/mol. The van der Waals surface area contributed by atoms with Gasteiger partial charge in [0.1, 0.15) is 22.9 Å². The van der Waals surface area contributed by atoms with Crippen molar-refractivity contribution in [3.05, 3.63) is 76.5 Å². The SMILES string of the molecule is CCOC(=O)C1CC=C(c2ccc(C(=O)N(c3cccc(N)n3)S(=O)[O-])c(Oc3c(C)cc(C)cc3C)n2)CC1. The Bertz CT molecular complexity index is 1480. The van der Waals surface area contributed by atoms with Crippen molar-refractivity contribution in [1.82, 2.24) is 9.97 Å². The number of aryl methyl sites for hydroxylation is 3. The van der Waals surface area contributed by atoms with Gasteiger partial charge in [0.2, 0.25) is 5.88 Å². The van der Waals surface area contributed by atoms with Crippen LogP contribution in [0.15, 0.2) is 48.5 Å². The number of rotatable bonds is 8. The zero-order chi connectivity index (χ0) is 29.0. The highest BCUT2D eigenvalue weighted by Gasteiger charge is 2.28. The fourth-order valence-electron chi connectivity index (χ4n) is 4.74. The lowest BCUT2D eigenvalue weighted by Crippen LogP contribution is -2.34. The van der Waals surface area contributed by atoms with Crippen LogP contribution in [0.4, 0.5) is 11.6 Å². The summed E-state index contributed by atoms with van der Waals surface area (Å²) in [6.07, 6.45) is 3.63. The summed E-state index contributed by atoms with van der Waals surface area (Å²) in [5.74, 6) is -0.973. The average molecular weight is 564 g/mol. The molecule has 0 saturated carbocycles. The maximum atomic E-state index is 13.7. The average Bonchev–Trinajstić information content (AvgIpc) is 2.90. The van der Waals surface area contributed by atoms with E-state index < -0.39 is 17.2 Å². The Morgan fingerprint density at radius 3 is 2.45 bits per heavy atom. The van der Waals surface area contributed by atoms with Gasteiger partial charge in [-0.3, -0.25) is 13.8 Å². The molecule has 0 fully saturated rings. The molecule has 0 saturated heterocycles. The molecular weight excluding hydrogens is 532 g/mol. The van der Waals surface area contributed by atoms with Crippen molar-refractivity contribution >= 4 is 40.4 Å². The number of carbonyl (C=O) groups excluding carboxylic acids is 2. The van der Waals surface area contributed by atoms with E-state index in [0.717, 1.165) is 22.3 Å². The highest BCUT2D eigenvalue weighted by Crippen LogP contribution is 2.35. The largest absolute Gasteiger partial charge is 0.755 e. The number of hydrogen-bond donors (Lipinski definition) is 1. The summed E-state index contributed by atoms with van der Waals surface area (Å²) >= 11 is -3.00. The molecule has 0 radical (unpaired) electrons. The smallest absolute Gasteiger partial charge is 0.309 e. The molecule has 3 aromatic rings. The molecule has 0 bridgehead atoms. The van der Waals surface area contributed by atoms with Gasteiger partial charge in [0, 0.05) is 0 Å². The van der Waals surface area contributed by atoms with Crippen LogP contribution in [0.2, 0.25) is 0 Å². The Morgan fingerprint density at radius 1 is 1.12 bits per heavy atom. The van der Waals surface area contributed by atoms with Crippen LogP contribution in [0, 0.1) is 26.7 Å². The quantitative estimate of drug-likeness (QED) is 0.296. The standard InChI is InChI=1S/C29H32N4O6S/c1-5-38-29(35)21-11-9-20(10-12-21)23-14-13-22(27(31-23)39-26-18(3)15-17(2)16-19(26)4)28(34)33(40(36)37)25-8-6-7-24(30)32-25/h6-9,13-16,21H,5,10-12H2,1-4H3,(H2,30,32)(H,36,37)/p-1. The van der Waals surface area contributed by atoms with Crippen LogP contribution in [0.3, 0.4) is 0 Å². The second-order valence-corrected chi connectivity index (χ2v) is 10.4. The number of hydrogen-bond acceptors (Lipinski definition) is 9. The number of ether oxygens (including phenoxy) is 2. The molecule has 2 atom stereocenters. The summed E-state index contributed by atoms with van der Waals surface area (Å²) in [6, 6.07) is 11.4.